The van der Waals surface area contributed by atoms with E-state index in [0.717, 1.165) is 35.0 Å². The van der Waals surface area contributed by atoms with E-state index in [1.807, 2.05) is 26.0 Å². The van der Waals surface area contributed by atoms with Gasteiger partial charge in [0.15, 0.2) is 0 Å². The Balaban J connectivity index is 2.79. The van der Waals surface area contributed by atoms with Crippen LogP contribution < -0.4 is 0 Å². The normalized spacial score (nSPS) is 11.0. The molecular weight excluding hydrogens is 214 g/mol. The van der Waals surface area contributed by atoms with Gasteiger partial charge in [0, 0.05) is 11.1 Å². The SMILES string of the molecule is CCCc1c(C)[nH]c2c(C(=O)O)c(C)ccc12. The van der Waals surface area contributed by atoms with Crippen LogP contribution in [0.2, 0.25) is 0 Å². The first-order valence-electron chi connectivity index (χ1n) is 5.90. The van der Waals surface area contributed by atoms with E-state index in [4.69, 9.17) is 0 Å². The molecule has 2 rings (SSSR count). The Morgan fingerprint density at radius 3 is 2.65 bits per heavy atom. The molecule has 0 spiro atoms. The van der Waals surface area contributed by atoms with Gasteiger partial charge in [-0.3, -0.25) is 0 Å². The van der Waals surface area contributed by atoms with Crippen molar-refractivity contribution in [3.63, 3.8) is 0 Å². The zero-order valence-corrected chi connectivity index (χ0v) is 10.4. The highest BCUT2D eigenvalue weighted by atomic mass is 16.4. The average Bonchev–Trinajstić information content (AvgIpc) is 2.55. The molecule has 0 aliphatic heterocycles. The van der Waals surface area contributed by atoms with E-state index in [1.165, 1.54) is 5.56 Å². The third kappa shape index (κ3) is 1.82. The molecule has 2 aromatic rings. The molecule has 17 heavy (non-hydrogen) atoms. The van der Waals surface area contributed by atoms with Crippen LogP contribution in [0.1, 0.15) is 40.5 Å². The van der Waals surface area contributed by atoms with Crippen LogP contribution in [0.3, 0.4) is 0 Å². The third-order valence-electron chi connectivity index (χ3n) is 3.22. The fourth-order valence-corrected chi connectivity index (χ4v) is 2.40. The van der Waals surface area contributed by atoms with Crippen LogP contribution in [-0.2, 0) is 6.42 Å². The Kier molecular flexibility index (Phi) is 2.92. The monoisotopic (exact) mass is 231 g/mol. The van der Waals surface area contributed by atoms with E-state index in [0.29, 0.717) is 5.56 Å². The molecule has 0 atom stereocenters. The van der Waals surface area contributed by atoms with Gasteiger partial charge in [0.2, 0.25) is 0 Å². The number of nitrogens with one attached hydrogen (secondary N) is 1. The van der Waals surface area contributed by atoms with Crippen LogP contribution in [0, 0.1) is 13.8 Å². The molecule has 1 aromatic carbocycles. The van der Waals surface area contributed by atoms with Gasteiger partial charge in [-0.25, -0.2) is 4.79 Å². The Bertz CT molecular complexity index is 581. The van der Waals surface area contributed by atoms with Gasteiger partial charge < -0.3 is 10.1 Å². The van der Waals surface area contributed by atoms with Crippen molar-refractivity contribution in [1.29, 1.82) is 0 Å². The predicted octanol–water partition coefficient (Wildman–Crippen LogP) is 3.44. The summed E-state index contributed by atoms with van der Waals surface area (Å²) < 4.78 is 0. The topological polar surface area (TPSA) is 53.1 Å². The first-order valence-corrected chi connectivity index (χ1v) is 5.90. The number of carboxylic acids is 1. The lowest BCUT2D eigenvalue weighted by Gasteiger charge is -2.03. The van der Waals surface area contributed by atoms with Crippen LogP contribution in [0.4, 0.5) is 0 Å². The second kappa shape index (κ2) is 4.24. The fourth-order valence-electron chi connectivity index (χ4n) is 2.40. The molecule has 0 saturated carbocycles. The van der Waals surface area contributed by atoms with Crippen molar-refractivity contribution in [2.45, 2.75) is 33.6 Å². The minimum atomic E-state index is -0.864. The van der Waals surface area contributed by atoms with Crippen LogP contribution >= 0.6 is 0 Å². The highest BCUT2D eigenvalue weighted by Crippen LogP contribution is 2.28. The second-order valence-electron chi connectivity index (χ2n) is 4.46. The van der Waals surface area contributed by atoms with Gasteiger partial charge in [-0.05, 0) is 31.4 Å². The number of aromatic nitrogens is 1. The maximum absolute atomic E-state index is 11.3. The number of fused-ring (bicyclic) bond motifs is 1. The van der Waals surface area contributed by atoms with E-state index in [2.05, 4.69) is 11.9 Å². The van der Waals surface area contributed by atoms with Gasteiger partial charge in [0.1, 0.15) is 0 Å². The van der Waals surface area contributed by atoms with E-state index >= 15 is 0 Å². The van der Waals surface area contributed by atoms with Crippen LogP contribution in [0.5, 0.6) is 0 Å². The van der Waals surface area contributed by atoms with Crippen LogP contribution in [0.25, 0.3) is 10.9 Å². The molecule has 0 amide bonds. The van der Waals surface area contributed by atoms with Crippen molar-refractivity contribution in [1.82, 2.24) is 4.98 Å². The number of aryl methyl sites for hydroxylation is 3. The van der Waals surface area contributed by atoms with Crippen LogP contribution in [0.15, 0.2) is 12.1 Å². The standard InChI is InChI=1S/C14H17NO2/c1-4-5-10-9(3)15-13-11(10)7-6-8(2)12(13)14(16)17/h6-7,15H,4-5H2,1-3H3,(H,16,17). The van der Waals surface area contributed by atoms with Crippen molar-refractivity contribution in [3.8, 4) is 0 Å². The maximum atomic E-state index is 11.3. The smallest absolute Gasteiger partial charge is 0.338 e. The lowest BCUT2D eigenvalue weighted by Crippen LogP contribution is -2.00. The molecule has 0 bridgehead atoms. The Hall–Kier alpha value is -1.77. The molecule has 0 fully saturated rings. The Morgan fingerprint density at radius 2 is 2.06 bits per heavy atom. The Labute approximate surface area is 100 Å². The minimum Gasteiger partial charge on any atom is -0.478 e. The highest BCUT2D eigenvalue weighted by molar-refractivity contribution is 6.04. The van der Waals surface area contributed by atoms with Gasteiger partial charge in [0.25, 0.3) is 0 Å². The summed E-state index contributed by atoms with van der Waals surface area (Å²) in [5, 5.41) is 10.3. The number of aromatic carboxylic acids is 1. The molecule has 0 saturated heterocycles. The van der Waals surface area contributed by atoms with Gasteiger partial charge in [-0.2, -0.15) is 0 Å². The molecule has 0 aliphatic rings. The van der Waals surface area contributed by atoms with Gasteiger partial charge >= 0.3 is 5.97 Å². The van der Waals surface area contributed by atoms with Gasteiger partial charge in [-0.15, -0.1) is 0 Å². The molecule has 1 aromatic heterocycles. The van der Waals surface area contributed by atoms with Crippen molar-refractivity contribution in [2.24, 2.45) is 0 Å². The molecule has 3 heteroatoms. The first-order chi connectivity index (χ1) is 8.06. The van der Waals surface area contributed by atoms with Crippen molar-refractivity contribution < 1.29 is 9.90 Å². The second-order valence-corrected chi connectivity index (χ2v) is 4.46. The summed E-state index contributed by atoms with van der Waals surface area (Å²) in [4.78, 5) is 14.5. The maximum Gasteiger partial charge on any atom is 0.338 e. The number of carboxylic acid groups (broad SMARTS) is 1. The third-order valence-corrected chi connectivity index (χ3v) is 3.22. The first kappa shape index (κ1) is 11.7. The fraction of sp³-hybridized carbons (Fsp3) is 0.357. The summed E-state index contributed by atoms with van der Waals surface area (Å²) in [6, 6.07) is 3.91. The number of H-pyrrole nitrogens is 1. The minimum absolute atomic E-state index is 0.396. The molecule has 90 valence electrons. The quantitative estimate of drug-likeness (QED) is 0.850. The number of hydrogen-bond acceptors (Lipinski definition) is 1. The molecule has 2 N–H and O–H groups in total. The molecular formula is C14H17NO2. The van der Waals surface area contributed by atoms with Gasteiger partial charge in [-0.1, -0.05) is 25.5 Å². The number of hydrogen-bond donors (Lipinski definition) is 2. The molecule has 0 aliphatic carbocycles. The van der Waals surface area contributed by atoms with Gasteiger partial charge in [0.05, 0.1) is 11.1 Å². The predicted molar refractivity (Wildman–Crippen MR) is 68.7 cm³/mol. The lowest BCUT2D eigenvalue weighted by molar-refractivity contribution is 0.0698. The van der Waals surface area contributed by atoms with Crippen molar-refractivity contribution in [3.05, 3.63) is 34.5 Å². The van der Waals surface area contributed by atoms with E-state index in [-0.39, 0.29) is 0 Å². The lowest BCUT2D eigenvalue weighted by atomic mass is 10.0. The van der Waals surface area contributed by atoms with Crippen molar-refractivity contribution >= 4 is 16.9 Å². The Morgan fingerprint density at radius 1 is 1.35 bits per heavy atom. The molecule has 0 radical (unpaired) electrons. The van der Waals surface area contributed by atoms with E-state index in [1.54, 1.807) is 0 Å². The summed E-state index contributed by atoms with van der Waals surface area (Å²) >= 11 is 0. The number of benzene rings is 1. The van der Waals surface area contributed by atoms with E-state index in [9.17, 15) is 9.90 Å². The summed E-state index contributed by atoms with van der Waals surface area (Å²) in [6.45, 7) is 5.97. The average molecular weight is 231 g/mol. The number of rotatable bonds is 3. The number of aromatic amines is 1. The largest absolute Gasteiger partial charge is 0.478 e. The zero-order chi connectivity index (χ0) is 12.6. The summed E-state index contributed by atoms with van der Waals surface area (Å²) in [5.74, 6) is -0.864. The molecule has 0 unspecified atom stereocenters. The summed E-state index contributed by atoms with van der Waals surface area (Å²) in [5.41, 5.74) is 4.28. The molecule has 3 nitrogen and oxygen atoms in total. The molecule has 1 heterocycles. The van der Waals surface area contributed by atoms with E-state index < -0.39 is 5.97 Å². The summed E-state index contributed by atoms with van der Waals surface area (Å²) in [7, 11) is 0. The van der Waals surface area contributed by atoms with Crippen molar-refractivity contribution in [2.75, 3.05) is 0 Å². The van der Waals surface area contributed by atoms with Crippen LogP contribution in [-0.4, -0.2) is 16.1 Å². The number of carbonyl (C=O) groups is 1. The summed E-state index contributed by atoms with van der Waals surface area (Å²) in [6.07, 6.45) is 2.04. The zero-order valence-electron chi connectivity index (χ0n) is 10.4. The highest BCUT2D eigenvalue weighted by Gasteiger charge is 2.16.